The Kier molecular flexibility index (Phi) is 5.52. The Morgan fingerprint density at radius 1 is 1.07 bits per heavy atom. The lowest BCUT2D eigenvalue weighted by Gasteiger charge is -2.11. The molecule has 0 atom stereocenters. The number of hydrogen-bond donors (Lipinski definition) is 2. The van der Waals surface area contributed by atoms with E-state index in [0.717, 1.165) is 16.8 Å². The number of esters is 1. The van der Waals surface area contributed by atoms with Gasteiger partial charge in [0.15, 0.2) is 5.82 Å². The summed E-state index contributed by atoms with van der Waals surface area (Å²) < 4.78 is 4.73. The lowest BCUT2D eigenvalue weighted by Crippen LogP contribution is -2.05. The van der Waals surface area contributed by atoms with Crippen LogP contribution in [-0.2, 0) is 4.74 Å². The Balaban J connectivity index is 1.84. The van der Waals surface area contributed by atoms with Crippen molar-refractivity contribution in [1.82, 2.24) is 15.2 Å². The third kappa shape index (κ3) is 4.51. The molecule has 0 aliphatic carbocycles. The number of anilines is 4. The van der Waals surface area contributed by atoms with Crippen LogP contribution in [0.15, 0.2) is 42.6 Å². The first-order valence-electron chi connectivity index (χ1n) is 8.15. The van der Waals surface area contributed by atoms with Crippen LogP contribution in [0.5, 0.6) is 0 Å². The van der Waals surface area contributed by atoms with Crippen LogP contribution in [0.25, 0.3) is 0 Å². The first-order valence-corrected chi connectivity index (χ1v) is 8.53. The Morgan fingerprint density at radius 2 is 1.89 bits per heavy atom. The molecule has 0 saturated carbocycles. The maximum Gasteiger partial charge on any atom is 0.337 e. The second kappa shape index (κ2) is 8.01. The number of hydrogen-bond acceptors (Lipinski definition) is 7. The molecule has 0 radical (unpaired) electrons. The lowest BCUT2D eigenvalue weighted by molar-refractivity contribution is 0.0601. The fraction of sp³-hybridized carbons (Fsp3) is 0.158. The molecular weight excluding hydrogens is 366 g/mol. The zero-order valence-corrected chi connectivity index (χ0v) is 15.8. The standard InChI is InChI=1S/C19H18ClN5O2/c1-11-4-5-12(2)15(8-11)23-19-24-17(10-21-25-19)22-16-9-13(18(26)27-3)6-7-14(16)20/h4-10H,1-3H3,(H2,22,23,24,25). The number of carbonyl (C=O) groups excluding carboxylic acids is 1. The summed E-state index contributed by atoms with van der Waals surface area (Å²) in [6, 6.07) is 10.9. The molecule has 0 spiro atoms. The highest BCUT2D eigenvalue weighted by Crippen LogP contribution is 2.27. The molecule has 0 amide bonds. The minimum absolute atomic E-state index is 0.342. The summed E-state index contributed by atoms with van der Waals surface area (Å²) >= 11 is 6.21. The molecule has 1 aromatic heterocycles. The Bertz CT molecular complexity index is 994. The number of nitrogens with one attached hydrogen (secondary N) is 2. The molecule has 0 bridgehead atoms. The van der Waals surface area contributed by atoms with Gasteiger partial charge in [-0.25, -0.2) is 4.79 Å². The van der Waals surface area contributed by atoms with Gasteiger partial charge in [0.05, 0.1) is 29.6 Å². The summed E-state index contributed by atoms with van der Waals surface area (Å²) in [5.41, 5.74) is 3.98. The van der Waals surface area contributed by atoms with Crippen molar-refractivity contribution in [3.05, 3.63) is 64.3 Å². The van der Waals surface area contributed by atoms with Gasteiger partial charge in [-0.05, 0) is 49.2 Å². The monoisotopic (exact) mass is 383 g/mol. The Hall–Kier alpha value is -3.19. The summed E-state index contributed by atoms with van der Waals surface area (Å²) in [6.07, 6.45) is 1.47. The minimum Gasteiger partial charge on any atom is -0.465 e. The van der Waals surface area contributed by atoms with Crippen LogP contribution in [-0.4, -0.2) is 28.3 Å². The summed E-state index contributed by atoms with van der Waals surface area (Å²) in [4.78, 5) is 16.1. The molecule has 0 saturated heterocycles. The third-order valence-electron chi connectivity index (χ3n) is 3.85. The number of ether oxygens (including phenoxy) is 1. The van der Waals surface area contributed by atoms with Crippen molar-refractivity contribution in [2.24, 2.45) is 0 Å². The number of rotatable bonds is 5. The SMILES string of the molecule is COC(=O)c1ccc(Cl)c(Nc2cnnc(Nc3cc(C)ccc3C)n2)c1. The highest BCUT2D eigenvalue weighted by molar-refractivity contribution is 6.33. The average molecular weight is 384 g/mol. The van der Waals surface area contributed by atoms with Gasteiger partial charge >= 0.3 is 5.97 Å². The highest BCUT2D eigenvalue weighted by atomic mass is 35.5. The van der Waals surface area contributed by atoms with E-state index in [1.165, 1.54) is 13.3 Å². The number of halogens is 1. The van der Waals surface area contributed by atoms with E-state index < -0.39 is 5.97 Å². The van der Waals surface area contributed by atoms with Crippen molar-refractivity contribution in [1.29, 1.82) is 0 Å². The van der Waals surface area contributed by atoms with E-state index in [0.29, 0.717) is 28.0 Å². The van der Waals surface area contributed by atoms with Crippen LogP contribution in [0.4, 0.5) is 23.1 Å². The van der Waals surface area contributed by atoms with E-state index in [1.54, 1.807) is 18.2 Å². The first kappa shape index (κ1) is 18.6. The predicted octanol–water partition coefficient (Wildman–Crippen LogP) is 4.42. The molecule has 0 aliphatic heterocycles. The van der Waals surface area contributed by atoms with Gasteiger partial charge in [-0.2, -0.15) is 10.1 Å². The van der Waals surface area contributed by atoms with E-state index in [2.05, 4.69) is 25.8 Å². The van der Waals surface area contributed by atoms with E-state index in [1.807, 2.05) is 32.0 Å². The molecule has 0 aliphatic rings. The number of carbonyl (C=O) groups is 1. The molecule has 7 nitrogen and oxygen atoms in total. The fourth-order valence-electron chi connectivity index (χ4n) is 2.41. The second-order valence-corrected chi connectivity index (χ2v) is 6.33. The third-order valence-corrected chi connectivity index (χ3v) is 4.18. The van der Waals surface area contributed by atoms with Crippen molar-refractivity contribution in [2.45, 2.75) is 13.8 Å². The van der Waals surface area contributed by atoms with Gasteiger partial charge < -0.3 is 15.4 Å². The summed E-state index contributed by atoms with van der Waals surface area (Å²) in [5.74, 6) is 0.323. The van der Waals surface area contributed by atoms with Gasteiger partial charge in [0.2, 0.25) is 5.95 Å². The minimum atomic E-state index is -0.451. The van der Waals surface area contributed by atoms with Gasteiger partial charge in [-0.3, -0.25) is 0 Å². The molecule has 0 unspecified atom stereocenters. The molecule has 138 valence electrons. The summed E-state index contributed by atoms with van der Waals surface area (Å²) in [5, 5.41) is 14.6. The molecule has 2 aromatic carbocycles. The van der Waals surface area contributed by atoms with Crippen LogP contribution in [0, 0.1) is 13.8 Å². The zero-order valence-electron chi connectivity index (χ0n) is 15.1. The quantitative estimate of drug-likeness (QED) is 0.630. The van der Waals surface area contributed by atoms with E-state index in [-0.39, 0.29) is 0 Å². The molecule has 3 aromatic rings. The zero-order chi connectivity index (χ0) is 19.4. The number of methoxy groups -OCH3 is 1. The number of aryl methyl sites for hydroxylation is 2. The predicted molar refractivity (Wildman–Crippen MR) is 105 cm³/mol. The summed E-state index contributed by atoms with van der Waals surface area (Å²) in [7, 11) is 1.32. The second-order valence-electron chi connectivity index (χ2n) is 5.92. The maximum atomic E-state index is 11.7. The molecular formula is C19H18ClN5O2. The van der Waals surface area contributed by atoms with Gasteiger partial charge in [0.1, 0.15) is 0 Å². The highest BCUT2D eigenvalue weighted by Gasteiger charge is 2.11. The van der Waals surface area contributed by atoms with Crippen molar-refractivity contribution in [2.75, 3.05) is 17.7 Å². The van der Waals surface area contributed by atoms with E-state index >= 15 is 0 Å². The van der Waals surface area contributed by atoms with E-state index in [9.17, 15) is 4.79 Å². The Morgan fingerprint density at radius 3 is 2.67 bits per heavy atom. The topological polar surface area (TPSA) is 89.0 Å². The number of nitrogens with zero attached hydrogens (tertiary/aromatic N) is 3. The number of benzene rings is 2. The average Bonchev–Trinajstić information content (AvgIpc) is 2.66. The molecule has 3 rings (SSSR count). The lowest BCUT2D eigenvalue weighted by atomic mass is 10.1. The smallest absolute Gasteiger partial charge is 0.337 e. The number of aromatic nitrogens is 3. The maximum absolute atomic E-state index is 11.7. The normalized spacial score (nSPS) is 10.4. The van der Waals surface area contributed by atoms with Crippen molar-refractivity contribution < 1.29 is 9.53 Å². The van der Waals surface area contributed by atoms with Crippen LogP contribution in [0.1, 0.15) is 21.5 Å². The molecule has 1 heterocycles. The van der Waals surface area contributed by atoms with Gasteiger partial charge in [0, 0.05) is 5.69 Å². The largest absolute Gasteiger partial charge is 0.465 e. The first-order chi connectivity index (χ1) is 13.0. The molecule has 8 heteroatoms. The van der Waals surface area contributed by atoms with Crippen LogP contribution in [0.2, 0.25) is 5.02 Å². The van der Waals surface area contributed by atoms with Gasteiger partial charge in [0.25, 0.3) is 0 Å². The van der Waals surface area contributed by atoms with Crippen LogP contribution < -0.4 is 10.6 Å². The van der Waals surface area contributed by atoms with E-state index in [4.69, 9.17) is 16.3 Å². The van der Waals surface area contributed by atoms with Crippen molar-refractivity contribution >= 4 is 40.7 Å². The molecule has 0 fully saturated rings. The Labute approximate surface area is 161 Å². The molecule has 27 heavy (non-hydrogen) atoms. The molecule has 2 N–H and O–H groups in total. The fourth-order valence-corrected chi connectivity index (χ4v) is 2.58. The van der Waals surface area contributed by atoms with Crippen molar-refractivity contribution in [3.8, 4) is 0 Å². The van der Waals surface area contributed by atoms with Crippen molar-refractivity contribution in [3.63, 3.8) is 0 Å². The summed E-state index contributed by atoms with van der Waals surface area (Å²) in [6.45, 7) is 4.01. The van der Waals surface area contributed by atoms with Crippen LogP contribution >= 0.6 is 11.6 Å². The van der Waals surface area contributed by atoms with Crippen LogP contribution in [0.3, 0.4) is 0 Å². The van der Waals surface area contributed by atoms with Gasteiger partial charge in [-0.15, -0.1) is 5.10 Å². The van der Waals surface area contributed by atoms with Gasteiger partial charge in [-0.1, -0.05) is 23.7 Å².